The number of aryl methyl sites for hydroxylation is 2. The van der Waals surface area contributed by atoms with Crippen LogP contribution in [0.4, 0.5) is 0 Å². The van der Waals surface area contributed by atoms with Gasteiger partial charge in [0.2, 0.25) is 5.91 Å². The van der Waals surface area contributed by atoms with Crippen molar-refractivity contribution in [2.75, 3.05) is 12.9 Å². The number of thioether (sulfide) groups is 1. The number of ether oxygens (including phenoxy) is 1. The maximum absolute atomic E-state index is 12.5. The van der Waals surface area contributed by atoms with E-state index in [-0.39, 0.29) is 11.9 Å². The lowest BCUT2D eigenvalue weighted by Gasteiger charge is -2.21. The van der Waals surface area contributed by atoms with Crippen LogP contribution in [0.15, 0.2) is 42.5 Å². The van der Waals surface area contributed by atoms with Crippen molar-refractivity contribution in [3.05, 3.63) is 64.7 Å². The molecule has 0 aliphatic carbocycles. The molecule has 0 bridgehead atoms. The lowest BCUT2D eigenvalue weighted by Crippen LogP contribution is -2.30. The van der Waals surface area contributed by atoms with E-state index in [1.54, 1.807) is 18.9 Å². The first kappa shape index (κ1) is 21.4. The second-order valence-corrected chi connectivity index (χ2v) is 8.50. The van der Waals surface area contributed by atoms with E-state index in [0.717, 1.165) is 23.5 Å². The lowest BCUT2D eigenvalue weighted by molar-refractivity contribution is -0.119. The molecule has 1 N–H and O–H groups in total. The van der Waals surface area contributed by atoms with Gasteiger partial charge in [0.05, 0.1) is 18.9 Å². The summed E-state index contributed by atoms with van der Waals surface area (Å²) < 4.78 is 5.23. The molecule has 0 unspecified atom stereocenters. The molecule has 0 aromatic heterocycles. The zero-order valence-electron chi connectivity index (χ0n) is 17.0. The minimum absolute atomic E-state index is 0.0326. The van der Waals surface area contributed by atoms with Crippen LogP contribution in [0.5, 0.6) is 5.75 Å². The van der Waals surface area contributed by atoms with Crippen LogP contribution in [-0.4, -0.2) is 18.8 Å². The standard InChI is InChI=1S/C23H31NO2S/c1-16(2)10-22(20-6-8-21(26-5)9-7-20)24-23(25)15-27-14-19-12-17(3)11-18(4)13-19/h6-9,11-13,16,22H,10,14-15H2,1-5H3,(H,24,25)/t22-/m1/s1. The number of methoxy groups -OCH3 is 1. The third kappa shape index (κ3) is 7.30. The van der Waals surface area contributed by atoms with Crippen molar-refractivity contribution in [2.45, 2.75) is 45.9 Å². The highest BCUT2D eigenvalue weighted by atomic mass is 32.2. The predicted octanol–water partition coefficient (Wildman–Crippen LogP) is 5.45. The Balaban J connectivity index is 1.92. The molecule has 1 atom stereocenters. The minimum Gasteiger partial charge on any atom is -0.497 e. The highest BCUT2D eigenvalue weighted by Gasteiger charge is 2.16. The average Bonchev–Trinajstić information content (AvgIpc) is 2.60. The molecule has 27 heavy (non-hydrogen) atoms. The van der Waals surface area contributed by atoms with E-state index < -0.39 is 0 Å². The fourth-order valence-corrected chi connectivity index (χ4v) is 4.01. The average molecular weight is 386 g/mol. The molecular formula is C23H31NO2S. The van der Waals surface area contributed by atoms with Gasteiger partial charge in [0, 0.05) is 5.75 Å². The number of benzene rings is 2. The number of hydrogen-bond acceptors (Lipinski definition) is 3. The molecule has 0 aliphatic rings. The third-order valence-corrected chi connectivity index (χ3v) is 5.35. The van der Waals surface area contributed by atoms with Gasteiger partial charge >= 0.3 is 0 Å². The second-order valence-electron chi connectivity index (χ2n) is 7.51. The smallest absolute Gasteiger partial charge is 0.230 e. The van der Waals surface area contributed by atoms with Gasteiger partial charge in [-0.3, -0.25) is 4.79 Å². The van der Waals surface area contributed by atoms with E-state index in [1.165, 1.54) is 16.7 Å². The molecule has 0 aliphatic heterocycles. The van der Waals surface area contributed by atoms with Gasteiger partial charge in [-0.2, -0.15) is 0 Å². The molecular weight excluding hydrogens is 354 g/mol. The van der Waals surface area contributed by atoms with Crippen LogP contribution >= 0.6 is 11.8 Å². The fraction of sp³-hybridized carbons (Fsp3) is 0.435. The van der Waals surface area contributed by atoms with Gasteiger partial charge in [0.1, 0.15) is 5.75 Å². The van der Waals surface area contributed by atoms with Crippen LogP contribution in [0, 0.1) is 19.8 Å². The topological polar surface area (TPSA) is 38.3 Å². The summed E-state index contributed by atoms with van der Waals surface area (Å²) in [5.41, 5.74) is 4.94. The zero-order valence-corrected chi connectivity index (χ0v) is 17.9. The highest BCUT2D eigenvalue weighted by Crippen LogP contribution is 2.24. The lowest BCUT2D eigenvalue weighted by atomic mass is 9.97. The number of carbonyl (C=O) groups is 1. The molecule has 2 rings (SSSR count). The number of carbonyl (C=O) groups excluding carboxylic acids is 1. The van der Waals surface area contributed by atoms with Crippen molar-refractivity contribution in [2.24, 2.45) is 5.92 Å². The maximum atomic E-state index is 12.5. The number of hydrogen-bond donors (Lipinski definition) is 1. The summed E-state index contributed by atoms with van der Waals surface area (Å²) in [7, 11) is 1.66. The van der Waals surface area contributed by atoms with Crippen LogP contribution in [0.1, 0.15) is 48.6 Å². The van der Waals surface area contributed by atoms with E-state index in [4.69, 9.17) is 4.74 Å². The largest absolute Gasteiger partial charge is 0.497 e. The van der Waals surface area contributed by atoms with E-state index in [0.29, 0.717) is 11.7 Å². The molecule has 4 heteroatoms. The van der Waals surface area contributed by atoms with Crippen molar-refractivity contribution in [3.8, 4) is 5.75 Å². The van der Waals surface area contributed by atoms with E-state index in [2.05, 4.69) is 51.2 Å². The first-order valence-electron chi connectivity index (χ1n) is 9.45. The van der Waals surface area contributed by atoms with E-state index in [1.807, 2.05) is 24.3 Å². The molecule has 1 amide bonds. The Morgan fingerprint density at radius 3 is 2.26 bits per heavy atom. The van der Waals surface area contributed by atoms with Crippen LogP contribution in [0.3, 0.4) is 0 Å². The fourth-order valence-electron chi connectivity index (χ4n) is 3.24. The molecule has 0 saturated carbocycles. The molecule has 0 heterocycles. The summed E-state index contributed by atoms with van der Waals surface area (Å²) in [4.78, 5) is 12.5. The van der Waals surface area contributed by atoms with Gasteiger partial charge in [-0.05, 0) is 49.4 Å². The highest BCUT2D eigenvalue weighted by molar-refractivity contribution is 7.99. The number of amides is 1. The van der Waals surface area contributed by atoms with Gasteiger partial charge in [0.25, 0.3) is 0 Å². The first-order chi connectivity index (χ1) is 12.9. The number of nitrogens with one attached hydrogen (secondary N) is 1. The Morgan fingerprint density at radius 1 is 1.07 bits per heavy atom. The zero-order chi connectivity index (χ0) is 19.8. The van der Waals surface area contributed by atoms with Crippen LogP contribution in [-0.2, 0) is 10.5 Å². The van der Waals surface area contributed by atoms with Gasteiger partial charge in [-0.1, -0.05) is 55.3 Å². The molecule has 0 radical (unpaired) electrons. The summed E-state index contributed by atoms with van der Waals surface area (Å²) in [6, 6.07) is 14.6. The molecule has 2 aromatic rings. The summed E-state index contributed by atoms with van der Waals surface area (Å²) in [5, 5.41) is 3.21. The van der Waals surface area contributed by atoms with Crippen molar-refractivity contribution in [3.63, 3.8) is 0 Å². The molecule has 0 spiro atoms. The third-order valence-electron chi connectivity index (χ3n) is 4.34. The Bertz CT molecular complexity index is 720. The van der Waals surface area contributed by atoms with Gasteiger partial charge in [0.15, 0.2) is 0 Å². The monoisotopic (exact) mass is 385 g/mol. The molecule has 3 nitrogen and oxygen atoms in total. The molecule has 0 saturated heterocycles. The molecule has 0 fully saturated rings. The predicted molar refractivity (Wildman–Crippen MR) is 115 cm³/mol. The van der Waals surface area contributed by atoms with Gasteiger partial charge in [-0.25, -0.2) is 0 Å². The Morgan fingerprint density at radius 2 is 1.70 bits per heavy atom. The Hall–Kier alpha value is -1.94. The van der Waals surface area contributed by atoms with Crippen LogP contribution < -0.4 is 10.1 Å². The van der Waals surface area contributed by atoms with E-state index >= 15 is 0 Å². The Kier molecular flexibility index (Phi) is 8.23. The van der Waals surface area contributed by atoms with Crippen molar-refractivity contribution >= 4 is 17.7 Å². The maximum Gasteiger partial charge on any atom is 0.230 e. The van der Waals surface area contributed by atoms with Gasteiger partial charge < -0.3 is 10.1 Å². The molecule has 2 aromatic carbocycles. The number of rotatable bonds is 9. The summed E-state index contributed by atoms with van der Waals surface area (Å²) >= 11 is 1.66. The first-order valence-corrected chi connectivity index (χ1v) is 10.6. The van der Waals surface area contributed by atoms with Crippen LogP contribution in [0.2, 0.25) is 0 Å². The van der Waals surface area contributed by atoms with Gasteiger partial charge in [-0.15, -0.1) is 11.8 Å². The van der Waals surface area contributed by atoms with Crippen molar-refractivity contribution < 1.29 is 9.53 Å². The quantitative estimate of drug-likeness (QED) is 0.624. The Labute approximate surface area is 167 Å². The summed E-state index contributed by atoms with van der Waals surface area (Å²) in [6.07, 6.45) is 0.916. The van der Waals surface area contributed by atoms with Crippen molar-refractivity contribution in [1.29, 1.82) is 0 Å². The summed E-state index contributed by atoms with van der Waals surface area (Å²) in [6.45, 7) is 8.58. The van der Waals surface area contributed by atoms with Crippen molar-refractivity contribution in [1.82, 2.24) is 5.32 Å². The van der Waals surface area contributed by atoms with E-state index in [9.17, 15) is 4.79 Å². The SMILES string of the molecule is COc1ccc([C@@H](CC(C)C)NC(=O)CSCc2cc(C)cc(C)c2)cc1. The summed E-state index contributed by atoms with van der Waals surface area (Å²) in [5.74, 6) is 2.74. The van der Waals surface area contributed by atoms with Crippen LogP contribution in [0.25, 0.3) is 0 Å². The molecule has 146 valence electrons. The normalized spacial score (nSPS) is 12.1. The minimum atomic E-state index is 0.0326. The second kappa shape index (κ2) is 10.4.